The average molecular weight is 345 g/mol. The lowest BCUT2D eigenvalue weighted by Crippen LogP contribution is -2.28. The number of methoxy groups -OCH3 is 3. The van der Waals surface area contributed by atoms with Gasteiger partial charge in [-0.05, 0) is 36.8 Å². The van der Waals surface area contributed by atoms with E-state index < -0.39 is 0 Å². The quantitative estimate of drug-likeness (QED) is 0.797. The Labute approximate surface area is 147 Å². The van der Waals surface area contributed by atoms with Crippen LogP contribution in [0.5, 0.6) is 23.0 Å². The fraction of sp³-hybridized carbons (Fsp3) is 0.316. The number of hydrogen-bond donors (Lipinski definition) is 1. The van der Waals surface area contributed by atoms with E-state index in [1.54, 1.807) is 33.5 Å². The molecule has 0 saturated carbocycles. The summed E-state index contributed by atoms with van der Waals surface area (Å²) in [5.74, 6) is 2.05. The molecule has 0 bridgehead atoms. The second-order valence-electron chi connectivity index (χ2n) is 5.41. The monoisotopic (exact) mass is 345 g/mol. The minimum absolute atomic E-state index is 0.0481. The normalized spacial score (nSPS) is 10.1. The Hall–Kier alpha value is -2.89. The van der Waals surface area contributed by atoms with E-state index in [1.807, 2.05) is 31.2 Å². The van der Waals surface area contributed by atoms with Crippen LogP contribution in [-0.4, -0.2) is 33.8 Å². The summed E-state index contributed by atoms with van der Waals surface area (Å²) in [5, 5.41) is 2.80. The van der Waals surface area contributed by atoms with Gasteiger partial charge in [0, 0.05) is 6.54 Å². The standard InChI is InChI=1S/C19H23NO5/c1-13-5-7-15(8-6-13)25-12-18(21)20-11-14-9-16(22-2)19(24-4)17(10-14)23-3/h5-10H,11-12H2,1-4H3,(H,20,21). The zero-order valence-electron chi connectivity index (χ0n) is 14.9. The Morgan fingerprint density at radius 1 is 0.960 bits per heavy atom. The van der Waals surface area contributed by atoms with Crippen molar-refractivity contribution >= 4 is 5.91 Å². The number of benzene rings is 2. The molecule has 0 aliphatic heterocycles. The molecule has 0 aliphatic rings. The highest BCUT2D eigenvalue weighted by molar-refractivity contribution is 5.77. The smallest absolute Gasteiger partial charge is 0.258 e. The van der Waals surface area contributed by atoms with Crippen LogP contribution in [-0.2, 0) is 11.3 Å². The molecule has 0 atom stereocenters. The van der Waals surface area contributed by atoms with Crippen LogP contribution >= 0.6 is 0 Å². The Morgan fingerprint density at radius 3 is 2.08 bits per heavy atom. The van der Waals surface area contributed by atoms with Gasteiger partial charge in [-0.25, -0.2) is 0 Å². The summed E-state index contributed by atoms with van der Waals surface area (Å²) in [4.78, 5) is 12.0. The highest BCUT2D eigenvalue weighted by Gasteiger charge is 2.13. The maximum absolute atomic E-state index is 12.0. The molecular weight excluding hydrogens is 322 g/mol. The molecule has 2 aromatic carbocycles. The van der Waals surface area contributed by atoms with Crippen molar-refractivity contribution in [3.8, 4) is 23.0 Å². The highest BCUT2D eigenvalue weighted by Crippen LogP contribution is 2.38. The van der Waals surface area contributed by atoms with Gasteiger partial charge in [0.15, 0.2) is 18.1 Å². The molecule has 25 heavy (non-hydrogen) atoms. The van der Waals surface area contributed by atoms with Crippen LogP contribution in [0.25, 0.3) is 0 Å². The third kappa shape index (κ3) is 5.04. The highest BCUT2D eigenvalue weighted by atomic mass is 16.5. The molecule has 134 valence electrons. The van der Waals surface area contributed by atoms with Crippen LogP contribution < -0.4 is 24.3 Å². The summed E-state index contributed by atoms with van der Waals surface area (Å²) in [5.41, 5.74) is 1.97. The number of nitrogens with one attached hydrogen (secondary N) is 1. The van der Waals surface area contributed by atoms with Gasteiger partial charge in [0.25, 0.3) is 5.91 Å². The zero-order chi connectivity index (χ0) is 18.2. The van der Waals surface area contributed by atoms with Gasteiger partial charge in [-0.2, -0.15) is 0 Å². The van der Waals surface area contributed by atoms with Crippen molar-refractivity contribution in [1.29, 1.82) is 0 Å². The summed E-state index contributed by atoms with van der Waals surface area (Å²) in [6, 6.07) is 11.1. The van der Waals surface area contributed by atoms with Gasteiger partial charge in [-0.3, -0.25) is 4.79 Å². The van der Waals surface area contributed by atoms with E-state index in [1.165, 1.54) is 0 Å². The molecule has 0 aliphatic carbocycles. The van der Waals surface area contributed by atoms with Gasteiger partial charge in [0.1, 0.15) is 5.75 Å². The summed E-state index contributed by atoms with van der Waals surface area (Å²) < 4.78 is 21.3. The van der Waals surface area contributed by atoms with Crippen LogP contribution in [0.3, 0.4) is 0 Å². The van der Waals surface area contributed by atoms with E-state index in [0.717, 1.165) is 11.1 Å². The van der Waals surface area contributed by atoms with Crippen LogP contribution in [0.1, 0.15) is 11.1 Å². The Balaban J connectivity index is 1.93. The maximum Gasteiger partial charge on any atom is 0.258 e. The molecule has 6 nitrogen and oxygen atoms in total. The minimum Gasteiger partial charge on any atom is -0.493 e. The molecule has 1 N–H and O–H groups in total. The molecule has 6 heteroatoms. The molecule has 0 unspecified atom stereocenters. The number of carbonyl (C=O) groups is 1. The third-order valence-corrected chi connectivity index (χ3v) is 3.61. The van der Waals surface area contributed by atoms with Crippen molar-refractivity contribution in [3.05, 3.63) is 47.5 Å². The molecule has 2 aromatic rings. The van der Waals surface area contributed by atoms with E-state index in [4.69, 9.17) is 18.9 Å². The molecule has 0 radical (unpaired) electrons. The summed E-state index contributed by atoms with van der Waals surface area (Å²) >= 11 is 0. The molecule has 0 fully saturated rings. The largest absolute Gasteiger partial charge is 0.493 e. The van der Waals surface area contributed by atoms with Gasteiger partial charge in [0.05, 0.1) is 21.3 Å². The predicted octanol–water partition coefficient (Wildman–Crippen LogP) is 2.72. The molecule has 2 rings (SSSR count). The van der Waals surface area contributed by atoms with E-state index in [9.17, 15) is 4.79 Å². The number of hydrogen-bond acceptors (Lipinski definition) is 5. The summed E-state index contributed by atoms with van der Waals surface area (Å²) in [6.07, 6.45) is 0. The topological polar surface area (TPSA) is 66.0 Å². The first-order valence-electron chi connectivity index (χ1n) is 7.82. The van der Waals surface area contributed by atoms with E-state index >= 15 is 0 Å². The van der Waals surface area contributed by atoms with Crippen molar-refractivity contribution in [2.75, 3.05) is 27.9 Å². The van der Waals surface area contributed by atoms with Crippen molar-refractivity contribution in [2.24, 2.45) is 0 Å². The number of rotatable bonds is 8. The minimum atomic E-state index is -0.214. The lowest BCUT2D eigenvalue weighted by atomic mass is 10.1. The zero-order valence-corrected chi connectivity index (χ0v) is 14.9. The second kappa shape index (κ2) is 8.82. The van der Waals surface area contributed by atoms with Crippen molar-refractivity contribution in [1.82, 2.24) is 5.32 Å². The fourth-order valence-electron chi connectivity index (χ4n) is 2.27. The van der Waals surface area contributed by atoms with Crippen LogP contribution in [0.2, 0.25) is 0 Å². The molecular formula is C19H23NO5. The maximum atomic E-state index is 12.0. The molecule has 0 saturated heterocycles. The first-order valence-corrected chi connectivity index (χ1v) is 7.82. The number of aryl methyl sites for hydroxylation is 1. The Bertz CT molecular complexity index is 687. The van der Waals surface area contributed by atoms with E-state index in [0.29, 0.717) is 29.5 Å². The van der Waals surface area contributed by atoms with Crippen LogP contribution in [0.15, 0.2) is 36.4 Å². The van der Waals surface area contributed by atoms with Gasteiger partial charge >= 0.3 is 0 Å². The second-order valence-corrected chi connectivity index (χ2v) is 5.41. The first-order chi connectivity index (χ1) is 12.1. The molecule has 1 amide bonds. The Kier molecular flexibility index (Phi) is 6.51. The molecule has 0 spiro atoms. The number of carbonyl (C=O) groups excluding carboxylic acids is 1. The summed E-state index contributed by atoms with van der Waals surface area (Å²) in [7, 11) is 4.65. The molecule has 0 aromatic heterocycles. The Morgan fingerprint density at radius 2 is 1.56 bits per heavy atom. The average Bonchev–Trinajstić information content (AvgIpc) is 2.64. The lowest BCUT2D eigenvalue weighted by Gasteiger charge is -2.14. The fourth-order valence-corrected chi connectivity index (χ4v) is 2.27. The van der Waals surface area contributed by atoms with Crippen molar-refractivity contribution in [3.63, 3.8) is 0 Å². The third-order valence-electron chi connectivity index (χ3n) is 3.61. The van der Waals surface area contributed by atoms with E-state index in [2.05, 4.69) is 5.32 Å². The van der Waals surface area contributed by atoms with Crippen LogP contribution in [0, 0.1) is 6.92 Å². The van der Waals surface area contributed by atoms with Gasteiger partial charge in [-0.15, -0.1) is 0 Å². The van der Waals surface area contributed by atoms with Crippen molar-refractivity contribution < 1.29 is 23.7 Å². The van der Waals surface area contributed by atoms with Crippen LogP contribution in [0.4, 0.5) is 0 Å². The number of ether oxygens (including phenoxy) is 4. The molecule has 0 heterocycles. The van der Waals surface area contributed by atoms with E-state index in [-0.39, 0.29) is 12.5 Å². The first kappa shape index (κ1) is 18.4. The van der Waals surface area contributed by atoms with Gasteiger partial charge in [-0.1, -0.05) is 17.7 Å². The lowest BCUT2D eigenvalue weighted by molar-refractivity contribution is -0.123. The number of amides is 1. The van der Waals surface area contributed by atoms with Crippen molar-refractivity contribution in [2.45, 2.75) is 13.5 Å². The predicted molar refractivity (Wildman–Crippen MR) is 94.6 cm³/mol. The van der Waals surface area contributed by atoms with Gasteiger partial charge < -0.3 is 24.3 Å². The van der Waals surface area contributed by atoms with Gasteiger partial charge in [0.2, 0.25) is 5.75 Å². The summed E-state index contributed by atoms with van der Waals surface area (Å²) in [6.45, 7) is 2.27. The SMILES string of the molecule is COc1cc(CNC(=O)COc2ccc(C)cc2)cc(OC)c1OC.